The molecule has 0 bridgehead atoms. The maximum absolute atomic E-state index is 13.0. The van der Waals surface area contributed by atoms with Crippen molar-refractivity contribution in [3.05, 3.63) is 71.3 Å². The maximum Gasteiger partial charge on any atom is 0.410 e. The lowest BCUT2D eigenvalue weighted by atomic mass is 9.89. The van der Waals surface area contributed by atoms with Crippen LogP contribution >= 0.6 is 0 Å². The SMILES string of the molecule is COc1cc2c(cc1OC)[C@@H]([C@@H]1C=CC(=O)O1)N(C(=O)OCc1ccccc1)CC2. The molecular formula is C23H23NO6. The van der Waals surface area contributed by atoms with E-state index in [2.05, 4.69) is 0 Å². The van der Waals surface area contributed by atoms with Crippen LogP contribution in [0.2, 0.25) is 0 Å². The fourth-order valence-electron chi connectivity index (χ4n) is 3.89. The van der Waals surface area contributed by atoms with Gasteiger partial charge in [0, 0.05) is 12.6 Å². The minimum Gasteiger partial charge on any atom is -0.493 e. The van der Waals surface area contributed by atoms with E-state index in [0.29, 0.717) is 24.5 Å². The second kappa shape index (κ2) is 8.49. The van der Waals surface area contributed by atoms with Gasteiger partial charge in [-0.2, -0.15) is 0 Å². The van der Waals surface area contributed by atoms with E-state index in [1.165, 1.54) is 6.08 Å². The lowest BCUT2D eigenvalue weighted by Crippen LogP contribution is -2.45. The Labute approximate surface area is 174 Å². The summed E-state index contributed by atoms with van der Waals surface area (Å²) in [7, 11) is 3.14. The average molecular weight is 409 g/mol. The normalized spacial score (nSPS) is 19.8. The molecule has 30 heavy (non-hydrogen) atoms. The molecule has 0 fully saturated rings. The van der Waals surface area contributed by atoms with Crippen molar-refractivity contribution >= 4 is 12.1 Å². The Hall–Kier alpha value is -3.48. The molecule has 0 unspecified atom stereocenters. The number of nitrogens with zero attached hydrogens (tertiary/aromatic N) is 1. The number of hydrogen-bond donors (Lipinski definition) is 0. The van der Waals surface area contributed by atoms with Crippen LogP contribution in [0.15, 0.2) is 54.6 Å². The number of rotatable bonds is 5. The van der Waals surface area contributed by atoms with E-state index in [4.69, 9.17) is 18.9 Å². The fourth-order valence-corrected chi connectivity index (χ4v) is 3.89. The second-order valence-electron chi connectivity index (χ2n) is 7.10. The zero-order chi connectivity index (χ0) is 21.1. The van der Waals surface area contributed by atoms with E-state index in [-0.39, 0.29) is 6.61 Å². The Morgan fingerprint density at radius 1 is 1.13 bits per heavy atom. The molecular weight excluding hydrogens is 386 g/mol. The Morgan fingerprint density at radius 2 is 1.87 bits per heavy atom. The molecule has 2 heterocycles. The number of cyclic esters (lactones) is 1. The summed E-state index contributed by atoms with van der Waals surface area (Å²) >= 11 is 0. The molecule has 0 saturated carbocycles. The van der Waals surface area contributed by atoms with Crippen LogP contribution in [0.25, 0.3) is 0 Å². The van der Waals surface area contributed by atoms with Crippen LogP contribution in [0.4, 0.5) is 4.79 Å². The Morgan fingerprint density at radius 3 is 2.53 bits per heavy atom. The first kappa shape index (κ1) is 19.8. The van der Waals surface area contributed by atoms with Crippen LogP contribution in [0.3, 0.4) is 0 Å². The number of esters is 1. The minimum absolute atomic E-state index is 0.169. The molecule has 0 spiro atoms. The van der Waals surface area contributed by atoms with E-state index >= 15 is 0 Å². The van der Waals surface area contributed by atoms with E-state index < -0.39 is 24.2 Å². The molecule has 7 heteroatoms. The smallest absolute Gasteiger partial charge is 0.410 e. The van der Waals surface area contributed by atoms with Gasteiger partial charge in [0.2, 0.25) is 0 Å². The molecule has 2 atom stereocenters. The van der Waals surface area contributed by atoms with Gasteiger partial charge in [0.1, 0.15) is 18.8 Å². The molecule has 0 saturated heterocycles. The lowest BCUT2D eigenvalue weighted by molar-refractivity contribution is -0.141. The topological polar surface area (TPSA) is 74.3 Å². The maximum atomic E-state index is 13.0. The van der Waals surface area contributed by atoms with Gasteiger partial charge in [-0.3, -0.25) is 4.90 Å². The van der Waals surface area contributed by atoms with Crippen LogP contribution in [-0.2, 0) is 27.3 Å². The number of amides is 1. The van der Waals surface area contributed by atoms with Crippen molar-refractivity contribution in [2.75, 3.05) is 20.8 Å². The summed E-state index contributed by atoms with van der Waals surface area (Å²) in [4.78, 5) is 26.3. The van der Waals surface area contributed by atoms with Crippen LogP contribution in [-0.4, -0.2) is 43.8 Å². The predicted octanol–water partition coefficient (Wildman–Crippen LogP) is 3.42. The predicted molar refractivity (Wildman–Crippen MR) is 108 cm³/mol. The molecule has 2 aromatic rings. The van der Waals surface area contributed by atoms with Crippen LogP contribution < -0.4 is 9.47 Å². The highest BCUT2D eigenvalue weighted by Gasteiger charge is 2.40. The summed E-state index contributed by atoms with van der Waals surface area (Å²) in [5, 5.41) is 0. The average Bonchev–Trinajstić information content (AvgIpc) is 3.22. The zero-order valence-corrected chi connectivity index (χ0v) is 16.9. The molecule has 7 nitrogen and oxygen atoms in total. The minimum atomic E-state index is -0.598. The second-order valence-corrected chi connectivity index (χ2v) is 7.10. The number of hydrogen-bond acceptors (Lipinski definition) is 6. The van der Waals surface area contributed by atoms with Gasteiger partial charge >= 0.3 is 12.1 Å². The van der Waals surface area contributed by atoms with Gasteiger partial charge in [0.25, 0.3) is 0 Å². The molecule has 2 aromatic carbocycles. The van der Waals surface area contributed by atoms with Crippen molar-refractivity contribution in [3.8, 4) is 11.5 Å². The standard InChI is InChI=1S/C23H23NO6/c1-27-19-12-16-10-11-24(23(26)29-14-15-6-4-3-5-7-15)22(17(16)13-20(19)28-2)18-8-9-21(25)30-18/h3-9,12-13,18,22H,10-11,14H2,1-2H3/t18-,22-/m0/s1. The quantitative estimate of drug-likeness (QED) is 0.705. The molecule has 0 N–H and O–H groups in total. The molecule has 0 aromatic heterocycles. The van der Waals surface area contributed by atoms with E-state index in [1.54, 1.807) is 25.2 Å². The molecule has 0 aliphatic carbocycles. The first-order valence-corrected chi connectivity index (χ1v) is 9.71. The highest BCUT2D eigenvalue weighted by Crippen LogP contribution is 2.41. The monoisotopic (exact) mass is 409 g/mol. The van der Waals surface area contributed by atoms with Crippen molar-refractivity contribution in [1.82, 2.24) is 4.90 Å². The molecule has 1 amide bonds. The van der Waals surface area contributed by atoms with Gasteiger partial charge in [-0.15, -0.1) is 0 Å². The summed E-state index contributed by atoms with van der Waals surface area (Å²) in [6.45, 7) is 0.602. The Kier molecular flexibility index (Phi) is 5.61. The fraction of sp³-hybridized carbons (Fsp3) is 0.304. The number of benzene rings is 2. The van der Waals surface area contributed by atoms with Gasteiger partial charge in [-0.05, 0) is 41.3 Å². The third kappa shape index (κ3) is 3.83. The summed E-state index contributed by atoms with van der Waals surface area (Å²) in [5.41, 5.74) is 2.76. The first-order valence-electron chi connectivity index (χ1n) is 9.71. The summed E-state index contributed by atoms with van der Waals surface area (Å²) in [6.07, 6.45) is 2.63. The van der Waals surface area contributed by atoms with Crippen molar-refractivity contribution < 1.29 is 28.5 Å². The summed E-state index contributed by atoms with van der Waals surface area (Å²) in [5.74, 6) is 0.744. The lowest BCUT2D eigenvalue weighted by Gasteiger charge is -2.38. The Bertz CT molecular complexity index is 971. The zero-order valence-electron chi connectivity index (χ0n) is 16.9. The van der Waals surface area contributed by atoms with Gasteiger partial charge in [0.05, 0.1) is 14.2 Å². The van der Waals surface area contributed by atoms with E-state index in [1.807, 2.05) is 42.5 Å². The van der Waals surface area contributed by atoms with Gasteiger partial charge in [-0.1, -0.05) is 30.3 Å². The number of ether oxygens (including phenoxy) is 4. The number of fused-ring (bicyclic) bond motifs is 1. The van der Waals surface area contributed by atoms with Crippen molar-refractivity contribution in [2.24, 2.45) is 0 Å². The Balaban J connectivity index is 1.64. The number of carbonyl (C=O) groups excluding carboxylic acids is 2. The summed E-state index contributed by atoms with van der Waals surface area (Å²) < 4.78 is 21.9. The molecule has 156 valence electrons. The van der Waals surface area contributed by atoms with Crippen molar-refractivity contribution in [1.29, 1.82) is 0 Å². The molecule has 4 rings (SSSR count). The van der Waals surface area contributed by atoms with Gasteiger partial charge in [-0.25, -0.2) is 9.59 Å². The van der Waals surface area contributed by atoms with Crippen molar-refractivity contribution in [3.63, 3.8) is 0 Å². The highest BCUT2D eigenvalue weighted by atomic mass is 16.6. The van der Waals surface area contributed by atoms with Crippen LogP contribution in [0.5, 0.6) is 11.5 Å². The largest absolute Gasteiger partial charge is 0.493 e. The summed E-state index contributed by atoms with van der Waals surface area (Å²) in [6, 6.07) is 12.7. The number of methoxy groups -OCH3 is 2. The third-order valence-corrected chi connectivity index (χ3v) is 5.35. The molecule has 2 aliphatic rings. The van der Waals surface area contributed by atoms with Gasteiger partial charge < -0.3 is 18.9 Å². The number of carbonyl (C=O) groups is 2. The van der Waals surface area contributed by atoms with Crippen molar-refractivity contribution in [2.45, 2.75) is 25.2 Å². The van der Waals surface area contributed by atoms with Crippen LogP contribution in [0, 0.1) is 0 Å². The van der Waals surface area contributed by atoms with Gasteiger partial charge in [0.15, 0.2) is 11.5 Å². The van der Waals surface area contributed by atoms with Crippen LogP contribution in [0.1, 0.15) is 22.7 Å². The highest BCUT2D eigenvalue weighted by molar-refractivity contribution is 5.84. The molecule has 2 aliphatic heterocycles. The first-order chi connectivity index (χ1) is 14.6. The van der Waals surface area contributed by atoms with E-state index in [0.717, 1.165) is 16.7 Å². The molecule has 0 radical (unpaired) electrons. The third-order valence-electron chi connectivity index (χ3n) is 5.35. The van der Waals surface area contributed by atoms with E-state index in [9.17, 15) is 9.59 Å².